The van der Waals surface area contributed by atoms with Crippen LogP contribution in [0.25, 0.3) is 55.0 Å². The van der Waals surface area contributed by atoms with Gasteiger partial charge in [-0.2, -0.15) is 0 Å². The molecule has 5 N–H and O–H groups in total. The SMILES string of the molecule is COC(=O)N[C@H](C(=O)N1[C@@H]2CC[C@@H](C2)[C@H]1c1ncc(-c2ccc3cc(-c4ccc5c(ccc6nc([C@@H]7NCCN7C(=O)[C@H](NC(=O)OC)c7ccccc7)[nH]c65)c4)ccc3c2)[nH]1)[C@@H](C)OC. The average molecular weight is 890 g/mol. The summed E-state index contributed by atoms with van der Waals surface area (Å²) in [6.07, 6.45) is 2.18. The predicted molar refractivity (Wildman–Crippen MR) is 248 cm³/mol. The third-order valence-corrected chi connectivity index (χ3v) is 13.6. The number of carbonyl (C=O) groups is 4. The number of nitrogens with zero attached hydrogens (tertiary/aromatic N) is 4. The van der Waals surface area contributed by atoms with Gasteiger partial charge in [0.2, 0.25) is 5.91 Å². The van der Waals surface area contributed by atoms with Crippen LogP contribution in [0.3, 0.4) is 0 Å². The van der Waals surface area contributed by atoms with E-state index < -0.39 is 36.5 Å². The van der Waals surface area contributed by atoms with Gasteiger partial charge in [0.15, 0.2) is 0 Å². The maximum absolute atomic E-state index is 14.1. The number of fused-ring (bicyclic) bond motifs is 6. The van der Waals surface area contributed by atoms with E-state index in [4.69, 9.17) is 24.2 Å². The molecule has 2 saturated heterocycles. The molecule has 4 amide bonds. The molecule has 66 heavy (non-hydrogen) atoms. The summed E-state index contributed by atoms with van der Waals surface area (Å²) < 4.78 is 15.2. The molecule has 0 spiro atoms. The van der Waals surface area contributed by atoms with Crippen molar-refractivity contribution >= 4 is 56.6 Å². The molecule has 0 unspecified atom stereocenters. The number of rotatable bonds is 11. The van der Waals surface area contributed by atoms with Gasteiger partial charge in [-0.1, -0.05) is 72.8 Å². The van der Waals surface area contributed by atoms with Crippen LogP contribution in [0.5, 0.6) is 0 Å². The van der Waals surface area contributed by atoms with E-state index in [2.05, 4.69) is 86.6 Å². The quantitative estimate of drug-likeness (QED) is 0.0882. The Bertz CT molecular complexity index is 2990. The van der Waals surface area contributed by atoms with Gasteiger partial charge in [-0.05, 0) is 89.2 Å². The zero-order chi connectivity index (χ0) is 45.6. The highest BCUT2D eigenvalue weighted by molar-refractivity contribution is 6.06. The first-order valence-corrected chi connectivity index (χ1v) is 22.3. The predicted octanol–water partition coefficient (Wildman–Crippen LogP) is 7.27. The third-order valence-electron chi connectivity index (χ3n) is 13.6. The van der Waals surface area contributed by atoms with Crippen LogP contribution in [0.15, 0.2) is 103 Å². The van der Waals surface area contributed by atoms with Gasteiger partial charge in [0, 0.05) is 37.2 Å². The Morgan fingerprint density at radius 2 is 1.45 bits per heavy atom. The van der Waals surface area contributed by atoms with E-state index in [-0.39, 0.29) is 29.8 Å². The zero-order valence-corrected chi connectivity index (χ0v) is 37.0. The number of aromatic amines is 2. The molecule has 0 radical (unpaired) electrons. The number of hydrogen-bond donors (Lipinski definition) is 5. The number of aromatic nitrogens is 4. The van der Waals surface area contributed by atoms with Crippen LogP contribution in [0.2, 0.25) is 0 Å². The summed E-state index contributed by atoms with van der Waals surface area (Å²) in [4.78, 5) is 73.1. The molecule has 4 heterocycles. The molecule has 2 bridgehead atoms. The normalized spacial score (nSPS) is 20.4. The Morgan fingerprint density at radius 1 is 0.758 bits per heavy atom. The summed E-state index contributed by atoms with van der Waals surface area (Å²) >= 11 is 0. The zero-order valence-electron chi connectivity index (χ0n) is 37.0. The van der Waals surface area contributed by atoms with Crippen molar-refractivity contribution in [2.45, 2.75) is 62.6 Å². The van der Waals surface area contributed by atoms with Gasteiger partial charge in [-0.3, -0.25) is 14.9 Å². The summed E-state index contributed by atoms with van der Waals surface area (Å²) in [5.41, 5.74) is 6.29. The van der Waals surface area contributed by atoms with Crippen molar-refractivity contribution in [1.29, 1.82) is 0 Å². The van der Waals surface area contributed by atoms with E-state index >= 15 is 0 Å². The molecule has 7 atom stereocenters. The van der Waals surface area contributed by atoms with Crippen LogP contribution in [0.4, 0.5) is 9.59 Å². The molecule has 16 heteroatoms. The van der Waals surface area contributed by atoms with Gasteiger partial charge in [-0.25, -0.2) is 19.6 Å². The molecule has 2 aromatic heterocycles. The lowest BCUT2D eigenvalue weighted by atomic mass is 9.96. The third kappa shape index (κ3) is 7.75. The fraction of sp³-hybridized carbons (Fsp3) is 0.320. The molecule has 7 aromatic rings. The lowest BCUT2D eigenvalue weighted by molar-refractivity contribution is -0.141. The van der Waals surface area contributed by atoms with Gasteiger partial charge in [0.05, 0.1) is 49.3 Å². The van der Waals surface area contributed by atoms with E-state index in [0.717, 1.165) is 80.0 Å². The summed E-state index contributed by atoms with van der Waals surface area (Å²) in [6.45, 7) is 2.76. The number of nitrogens with one attached hydrogen (secondary N) is 5. The van der Waals surface area contributed by atoms with Gasteiger partial charge in [0.1, 0.15) is 29.9 Å². The van der Waals surface area contributed by atoms with E-state index in [1.165, 1.54) is 21.3 Å². The van der Waals surface area contributed by atoms with Crippen molar-refractivity contribution in [3.05, 3.63) is 120 Å². The van der Waals surface area contributed by atoms with Crippen molar-refractivity contribution in [1.82, 2.24) is 45.7 Å². The van der Waals surface area contributed by atoms with Crippen molar-refractivity contribution in [2.24, 2.45) is 5.92 Å². The number of imidazole rings is 2. The van der Waals surface area contributed by atoms with Gasteiger partial charge in [0.25, 0.3) is 5.91 Å². The molecule has 1 aliphatic carbocycles. The highest BCUT2D eigenvalue weighted by Crippen LogP contribution is 2.50. The number of benzene rings is 5. The number of likely N-dealkylation sites (tertiary alicyclic amines) is 1. The number of hydrogen-bond acceptors (Lipinski definition) is 10. The van der Waals surface area contributed by atoms with Crippen LogP contribution >= 0.6 is 0 Å². The van der Waals surface area contributed by atoms with Crippen LogP contribution in [-0.4, -0.2) is 106 Å². The Hall–Kier alpha value is -7.30. The molecule has 1 saturated carbocycles. The average Bonchev–Trinajstić information content (AvgIpc) is 4.23. The smallest absolute Gasteiger partial charge is 0.407 e. The summed E-state index contributed by atoms with van der Waals surface area (Å²) in [5.74, 6) is 1.13. The van der Waals surface area contributed by atoms with Crippen molar-refractivity contribution in [3.8, 4) is 22.4 Å². The highest BCUT2D eigenvalue weighted by atomic mass is 16.5. The summed E-state index contributed by atoms with van der Waals surface area (Å²) in [6, 6.07) is 30.4. The standard InChI is InChI=1S/C50H51N9O7/c1-27(64-2)40(56-49(62)65-3)48(61)59-36-17-14-35(25-36)43(59)44-52-26-39(54-44)34-13-12-30-22-29(10-11-31(30)24-34)32-15-18-37-33(23-32)16-19-38-42(37)55-45(53-38)46-51-20-21-58(46)47(60)41(57-50(63)66-4)28-8-6-5-7-9-28/h5-13,15-16,18-19,22-24,26-27,35-36,40-41,43,46,51H,14,17,20-21,25H2,1-4H3,(H,52,54)(H,53,55)(H,56,62)(H,57,63)/t27-,35+,36-,40+,41-,43+,46-/m1/s1. The second kappa shape index (κ2) is 17.6. The summed E-state index contributed by atoms with van der Waals surface area (Å²) in [7, 11) is 4.07. The first-order chi connectivity index (χ1) is 32.1. The van der Waals surface area contributed by atoms with Crippen molar-refractivity contribution < 1.29 is 33.4 Å². The topological polar surface area (TPSA) is 196 Å². The van der Waals surface area contributed by atoms with Crippen molar-refractivity contribution in [3.63, 3.8) is 0 Å². The number of carbonyl (C=O) groups excluding carboxylic acids is 4. The Labute approximate surface area is 380 Å². The van der Waals surface area contributed by atoms with Crippen LogP contribution in [-0.2, 0) is 23.8 Å². The summed E-state index contributed by atoms with van der Waals surface area (Å²) in [5, 5.41) is 13.0. The van der Waals surface area contributed by atoms with Gasteiger partial charge >= 0.3 is 12.2 Å². The van der Waals surface area contributed by atoms with Crippen molar-refractivity contribution in [2.75, 3.05) is 34.4 Å². The number of methoxy groups -OCH3 is 3. The molecular formula is C50H51N9O7. The largest absolute Gasteiger partial charge is 0.453 e. The van der Waals surface area contributed by atoms with Gasteiger partial charge < -0.3 is 44.6 Å². The maximum Gasteiger partial charge on any atom is 0.407 e. The number of alkyl carbamates (subject to hydrolysis) is 2. The minimum atomic E-state index is -0.931. The van der Waals surface area contributed by atoms with E-state index in [1.54, 1.807) is 24.0 Å². The molecule has 2 aliphatic heterocycles. The first-order valence-electron chi connectivity index (χ1n) is 22.3. The second-order valence-corrected chi connectivity index (χ2v) is 17.3. The fourth-order valence-electron chi connectivity index (χ4n) is 10.2. The first kappa shape index (κ1) is 42.6. The molecule has 3 fully saturated rings. The lowest BCUT2D eigenvalue weighted by Gasteiger charge is -2.37. The number of amides is 4. The lowest BCUT2D eigenvalue weighted by Crippen LogP contribution is -2.56. The minimum absolute atomic E-state index is 0.0622. The van der Waals surface area contributed by atoms with Crippen LogP contribution < -0.4 is 16.0 Å². The monoisotopic (exact) mass is 889 g/mol. The molecule has 3 aliphatic rings. The molecular weight excluding hydrogens is 839 g/mol. The molecule has 16 nitrogen and oxygen atoms in total. The molecule has 5 aromatic carbocycles. The van der Waals surface area contributed by atoms with E-state index in [1.807, 2.05) is 35.4 Å². The van der Waals surface area contributed by atoms with E-state index in [9.17, 15) is 19.2 Å². The fourth-order valence-corrected chi connectivity index (χ4v) is 10.2. The number of ether oxygens (including phenoxy) is 3. The van der Waals surface area contributed by atoms with E-state index in [0.29, 0.717) is 24.5 Å². The number of H-pyrrole nitrogens is 2. The minimum Gasteiger partial charge on any atom is -0.453 e. The van der Waals surface area contributed by atoms with Crippen LogP contribution in [0.1, 0.15) is 61.6 Å². The Kier molecular flexibility index (Phi) is 11.4. The molecule has 338 valence electrons. The van der Waals surface area contributed by atoms with Gasteiger partial charge in [-0.15, -0.1) is 0 Å². The maximum atomic E-state index is 14.1. The Balaban J connectivity index is 0.875. The van der Waals surface area contributed by atoms with Crippen LogP contribution in [0, 0.1) is 5.92 Å². The second-order valence-electron chi connectivity index (χ2n) is 17.3. The number of piperidine rings is 1. The Morgan fingerprint density at radius 3 is 2.21 bits per heavy atom. The highest BCUT2D eigenvalue weighted by Gasteiger charge is 2.52. The molecule has 10 rings (SSSR count).